The van der Waals surface area contributed by atoms with E-state index in [0.717, 1.165) is 0 Å². The molecule has 0 unspecified atom stereocenters. The van der Waals surface area contributed by atoms with Gasteiger partial charge in [-0.1, -0.05) is 26.0 Å². The van der Waals surface area contributed by atoms with E-state index in [9.17, 15) is 9.90 Å². The van der Waals surface area contributed by atoms with Gasteiger partial charge >= 0.3 is 5.97 Å². The fraction of sp³-hybridized carbons (Fsp3) is 0.700. The Morgan fingerprint density at radius 1 is 1.62 bits per heavy atom. The van der Waals surface area contributed by atoms with Crippen molar-refractivity contribution in [3.63, 3.8) is 0 Å². The third-order valence-electron chi connectivity index (χ3n) is 2.68. The van der Waals surface area contributed by atoms with Crippen molar-refractivity contribution in [1.82, 2.24) is 0 Å². The third kappa shape index (κ3) is 1.75. The second kappa shape index (κ2) is 3.50. The van der Waals surface area contributed by atoms with Gasteiger partial charge in [0, 0.05) is 5.92 Å². The molecule has 0 bridgehead atoms. The van der Waals surface area contributed by atoms with Gasteiger partial charge in [-0.2, -0.15) is 0 Å². The van der Waals surface area contributed by atoms with Crippen molar-refractivity contribution in [3.05, 3.63) is 12.2 Å². The maximum absolute atomic E-state index is 10.9. The number of rotatable bonds is 2. The molecule has 2 atom stereocenters. The molecule has 0 spiro atoms. The molecular weight excluding hydrogens is 168 g/mol. The van der Waals surface area contributed by atoms with Crippen LogP contribution in [0.2, 0.25) is 0 Å². The summed E-state index contributed by atoms with van der Waals surface area (Å²) < 4.78 is 0. The standard InChI is InChI=1S/C10H16O3/c1-7(2)8-5-3-4-6-10(8,13)9(11)12/h3,5,7-8,13H,4,6H2,1-2H3,(H,11,12)/t8-,10+/m1/s1. The minimum Gasteiger partial charge on any atom is -0.479 e. The highest BCUT2D eigenvalue weighted by molar-refractivity contribution is 5.78. The molecule has 74 valence electrons. The van der Waals surface area contributed by atoms with E-state index < -0.39 is 11.6 Å². The predicted molar refractivity (Wildman–Crippen MR) is 49.3 cm³/mol. The lowest BCUT2D eigenvalue weighted by molar-refractivity contribution is -0.166. The van der Waals surface area contributed by atoms with E-state index in [1.54, 1.807) is 0 Å². The second-order valence-corrected chi connectivity index (χ2v) is 3.97. The van der Waals surface area contributed by atoms with Crippen molar-refractivity contribution in [3.8, 4) is 0 Å². The van der Waals surface area contributed by atoms with Crippen LogP contribution in [0.5, 0.6) is 0 Å². The fourth-order valence-electron chi connectivity index (χ4n) is 1.90. The Kier molecular flexibility index (Phi) is 2.76. The van der Waals surface area contributed by atoms with Gasteiger partial charge in [0.15, 0.2) is 5.60 Å². The van der Waals surface area contributed by atoms with E-state index in [0.29, 0.717) is 12.8 Å². The maximum atomic E-state index is 10.9. The Hall–Kier alpha value is -0.830. The number of carboxylic acid groups (broad SMARTS) is 1. The first kappa shape index (κ1) is 10.3. The summed E-state index contributed by atoms with van der Waals surface area (Å²) in [7, 11) is 0. The Bertz CT molecular complexity index is 232. The van der Waals surface area contributed by atoms with Crippen LogP contribution < -0.4 is 0 Å². The average Bonchev–Trinajstić information content (AvgIpc) is 2.04. The van der Waals surface area contributed by atoms with Gasteiger partial charge in [0.1, 0.15) is 0 Å². The summed E-state index contributed by atoms with van der Waals surface area (Å²) in [4.78, 5) is 10.9. The lowest BCUT2D eigenvalue weighted by atomic mass is 9.74. The van der Waals surface area contributed by atoms with Gasteiger partial charge in [-0.05, 0) is 18.8 Å². The molecule has 2 N–H and O–H groups in total. The number of hydrogen-bond acceptors (Lipinski definition) is 2. The molecule has 0 aliphatic heterocycles. The van der Waals surface area contributed by atoms with E-state index in [1.165, 1.54) is 0 Å². The molecule has 0 radical (unpaired) electrons. The summed E-state index contributed by atoms with van der Waals surface area (Å²) in [6, 6.07) is 0. The van der Waals surface area contributed by atoms with E-state index in [2.05, 4.69) is 0 Å². The molecule has 1 aliphatic rings. The highest BCUT2D eigenvalue weighted by Gasteiger charge is 2.44. The molecule has 1 aliphatic carbocycles. The molecule has 0 amide bonds. The van der Waals surface area contributed by atoms with Gasteiger partial charge < -0.3 is 10.2 Å². The summed E-state index contributed by atoms with van der Waals surface area (Å²) in [5.74, 6) is -1.22. The minimum atomic E-state index is -1.55. The molecule has 0 heterocycles. The maximum Gasteiger partial charge on any atom is 0.336 e. The highest BCUT2D eigenvalue weighted by Crippen LogP contribution is 2.34. The zero-order chi connectivity index (χ0) is 10.1. The summed E-state index contributed by atoms with van der Waals surface area (Å²) in [5.41, 5.74) is -1.55. The minimum absolute atomic E-state index is 0.151. The zero-order valence-electron chi connectivity index (χ0n) is 8.03. The first-order valence-electron chi connectivity index (χ1n) is 4.61. The molecule has 0 aromatic carbocycles. The van der Waals surface area contributed by atoms with Crippen molar-refractivity contribution in [2.45, 2.75) is 32.3 Å². The number of allylic oxidation sites excluding steroid dienone is 1. The monoisotopic (exact) mass is 184 g/mol. The summed E-state index contributed by atoms with van der Waals surface area (Å²) in [5, 5.41) is 18.9. The van der Waals surface area contributed by atoms with Gasteiger partial charge in [0.25, 0.3) is 0 Å². The third-order valence-corrected chi connectivity index (χ3v) is 2.68. The molecule has 3 heteroatoms. The number of hydrogen-bond donors (Lipinski definition) is 2. The van der Waals surface area contributed by atoms with E-state index in [1.807, 2.05) is 26.0 Å². The van der Waals surface area contributed by atoms with Gasteiger partial charge in [0.2, 0.25) is 0 Å². The van der Waals surface area contributed by atoms with E-state index in [4.69, 9.17) is 5.11 Å². The van der Waals surface area contributed by atoms with Crippen molar-refractivity contribution < 1.29 is 15.0 Å². The molecule has 1 rings (SSSR count). The molecule has 0 fully saturated rings. The number of aliphatic carboxylic acids is 1. The van der Waals surface area contributed by atoms with Crippen LogP contribution in [0.15, 0.2) is 12.2 Å². The number of aliphatic hydroxyl groups is 1. The zero-order valence-corrected chi connectivity index (χ0v) is 8.03. The van der Waals surface area contributed by atoms with Gasteiger partial charge in [0.05, 0.1) is 0 Å². The van der Waals surface area contributed by atoms with Crippen LogP contribution >= 0.6 is 0 Å². The van der Waals surface area contributed by atoms with E-state index >= 15 is 0 Å². The van der Waals surface area contributed by atoms with Crippen LogP contribution in [0.4, 0.5) is 0 Å². The smallest absolute Gasteiger partial charge is 0.336 e. The number of carboxylic acids is 1. The van der Waals surface area contributed by atoms with Crippen LogP contribution in [0.25, 0.3) is 0 Å². The normalized spacial score (nSPS) is 33.7. The molecular formula is C10H16O3. The summed E-state index contributed by atoms with van der Waals surface area (Å²) in [6.07, 6.45) is 4.73. The Morgan fingerprint density at radius 2 is 2.23 bits per heavy atom. The van der Waals surface area contributed by atoms with Crippen LogP contribution in [0.1, 0.15) is 26.7 Å². The number of carbonyl (C=O) groups is 1. The van der Waals surface area contributed by atoms with Gasteiger partial charge in [-0.25, -0.2) is 4.79 Å². The van der Waals surface area contributed by atoms with Crippen molar-refractivity contribution in [2.24, 2.45) is 11.8 Å². The van der Waals surface area contributed by atoms with Crippen molar-refractivity contribution in [2.75, 3.05) is 0 Å². The Balaban J connectivity index is 2.94. The van der Waals surface area contributed by atoms with Gasteiger partial charge in [-0.3, -0.25) is 0 Å². The van der Waals surface area contributed by atoms with Gasteiger partial charge in [-0.15, -0.1) is 0 Å². The summed E-state index contributed by atoms with van der Waals surface area (Å²) >= 11 is 0. The topological polar surface area (TPSA) is 57.5 Å². The molecule has 3 nitrogen and oxygen atoms in total. The van der Waals surface area contributed by atoms with E-state index in [-0.39, 0.29) is 11.8 Å². The molecule has 0 aromatic rings. The van der Waals surface area contributed by atoms with Crippen LogP contribution in [0.3, 0.4) is 0 Å². The molecule has 0 aromatic heterocycles. The first-order valence-corrected chi connectivity index (χ1v) is 4.61. The highest BCUT2D eigenvalue weighted by atomic mass is 16.4. The van der Waals surface area contributed by atoms with Crippen LogP contribution in [-0.2, 0) is 4.79 Å². The molecule has 0 saturated carbocycles. The Labute approximate surface area is 78.1 Å². The average molecular weight is 184 g/mol. The van der Waals surface area contributed by atoms with Crippen LogP contribution in [-0.4, -0.2) is 21.8 Å². The lowest BCUT2D eigenvalue weighted by Gasteiger charge is -2.35. The second-order valence-electron chi connectivity index (χ2n) is 3.97. The predicted octanol–water partition coefficient (Wildman–Crippen LogP) is 1.42. The van der Waals surface area contributed by atoms with Crippen molar-refractivity contribution >= 4 is 5.97 Å². The van der Waals surface area contributed by atoms with Crippen molar-refractivity contribution in [1.29, 1.82) is 0 Å². The SMILES string of the molecule is CC(C)[C@H]1C=CCC[C@@]1(O)C(=O)O. The van der Waals surface area contributed by atoms with Crippen LogP contribution in [0, 0.1) is 11.8 Å². The quantitative estimate of drug-likeness (QED) is 0.638. The largest absolute Gasteiger partial charge is 0.479 e. The first-order chi connectivity index (χ1) is 5.98. The molecule has 13 heavy (non-hydrogen) atoms. The lowest BCUT2D eigenvalue weighted by Crippen LogP contribution is -2.48. The molecule has 0 saturated heterocycles. The Morgan fingerprint density at radius 3 is 2.62 bits per heavy atom. The summed E-state index contributed by atoms with van der Waals surface area (Å²) in [6.45, 7) is 3.85. The fourth-order valence-corrected chi connectivity index (χ4v) is 1.90.